The zero-order valence-corrected chi connectivity index (χ0v) is 11.6. The van der Waals surface area contributed by atoms with Crippen molar-refractivity contribution in [2.24, 2.45) is 7.05 Å². The Morgan fingerprint density at radius 1 is 1.05 bits per heavy atom. The van der Waals surface area contributed by atoms with Crippen LogP contribution < -0.4 is 9.29 Å². The summed E-state index contributed by atoms with van der Waals surface area (Å²) in [5.74, 6) is 0. The van der Waals surface area contributed by atoms with Gasteiger partial charge in [0.25, 0.3) is 0 Å². The van der Waals surface area contributed by atoms with Crippen LogP contribution in [-0.2, 0) is 23.5 Å². The standard InChI is InChI=1S/C14H17N2O2S/c1-16-12-6-5-7-13(16)10-11-15-19(17,18)14-8-3-2-4-9-14/h2-9,12,15H,10-11H2,1H3/q+1. The van der Waals surface area contributed by atoms with Gasteiger partial charge in [-0.05, 0) is 12.1 Å². The highest BCUT2D eigenvalue weighted by atomic mass is 32.2. The lowest BCUT2D eigenvalue weighted by molar-refractivity contribution is -0.679. The SMILES string of the molecule is C[n+]1ccccc1CCNS(=O)(=O)c1ccccc1. The summed E-state index contributed by atoms with van der Waals surface area (Å²) in [6.45, 7) is 0.384. The lowest BCUT2D eigenvalue weighted by Gasteiger charge is -2.05. The summed E-state index contributed by atoms with van der Waals surface area (Å²) in [5, 5.41) is 0. The van der Waals surface area contributed by atoms with Crippen molar-refractivity contribution in [1.29, 1.82) is 0 Å². The van der Waals surface area contributed by atoms with Crippen LogP contribution in [-0.4, -0.2) is 15.0 Å². The topological polar surface area (TPSA) is 50.1 Å². The van der Waals surface area contributed by atoms with Gasteiger partial charge in [-0.1, -0.05) is 24.3 Å². The largest absolute Gasteiger partial charge is 0.240 e. The van der Waals surface area contributed by atoms with Crippen LogP contribution in [0.3, 0.4) is 0 Å². The Hall–Kier alpha value is -1.72. The van der Waals surface area contributed by atoms with Gasteiger partial charge < -0.3 is 0 Å². The number of sulfonamides is 1. The molecule has 0 aliphatic carbocycles. The maximum atomic E-state index is 12.0. The highest BCUT2D eigenvalue weighted by molar-refractivity contribution is 7.89. The predicted octanol–water partition coefficient (Wildman–Crippen LogP) is 1.03. The second-order valence-electron chi connectivity index (χ2n) is 4.26. The first-order valence-corrected chi connectivity index (χ1v) is 7.56. The third-order valence-corrected chi connectivity index (χ3v) is 4.37. The molecule has 0 amide bonds. The summed E-state index contributed by atoms with van der Waals surface area (Å²) < 4.78 is 28.6. The Kier molecular flexibility index (Phi) is 4.29. The molecule has 0 fully saturated rings. The van der Waals surface area contributed by atoms with Crippen LogP contribution in [0.5, 0.6) is 0 Å². The van der Waals surface area contributed by atoms with E-state index in [1.807, 2.05) is 36.0 Å². The molecule has 5 heteroatoms. The number of hydrogen-bond donors (Lipinski definition) is 1. The van der Waals surface area contributed by atoms with Crippen molar-refractivity contribution in [3.8, 4) is 0 Å². The van der Waals surface area contributed by atoms with E-state index in [4.69, 9.17) is 0 Å². The van der Waals surface area contributed by atoms with Gasteiger partial charge in [-0.3, -0.25) is 0 Å². The Labute approximate surface area is 113 Å². The maximum Gasteiger partial charge on any atom is 0.240 e. The Morgan fingerprint density at radius 2 is 1.74 bits per heavy atom. The van der Waals surface area contributed by atoms with Crippen molar-refractivity contribution >= 4 is 10.0 Å². The molecular weight excluding hydrogens is 260 g/mol. The lowest BCUT2D eigenvalue weighted by Crippen LogP contribution is -2.35. The van der Waals surface area contributed by atoms with Gasteiger partial charge in [-0.25, -0.2) is 17.7 Å². The molecular formula is C14H17N2O2S+. The lowest BCUT2D eigenvalue weighted by atomic mass is 10.2. The van der Waals surface area contributed by atoms with E-state index >= 15 is 0 Å². The number of aromatic nitrogens is 1. The molecule has 0 saturated heterocycles. The van der Waals surface area contributed by atoms with Crippen LogP contribution in [0.1, 0.15) is 5.69 Å². The summed E-state index contributed by atoms with van der Waals surface area (Å²) >= 11 is 0. The normalized spacial score (nSPS) is 11.4. The van der Waals surface area contributed by atoms with Gasteiger partial charge in [0.2, 0.25) is 10.0 Å². The zero-order chi connectivity index (χ0) is 13.7. The van der Waals surface area contributed by atoms with Crippen LogP contribution in [0.15, 0.2) is 59.6 Å². The van der Waals surface area contributed by atoms with E-state index in [1.165, 1.54) is 0 Å². The number of nitrogens with one attached hydrogen (secondary N) is 1. The Morgan fingerprint density at radius 3 is 2.42 bits per heavy atom. The number of benzene rings is 1. The average molecular weight is 277 g/mol. The monoisotopic (exact) mass is 277 g/mol. The molecule has 0 atom stereocenters. The van der Waals surface area contributed by atoms with E-state index in [9.17, 15) is 8.42 Å². The molecule has 0 unspecified atom stereocenters. The van der Waals surface area contributed by atoms with Crippen LogP contribution in [0, 0.1) is 0 Å². The summed E-state index contributed by atoms with van der Waals surface area (Å²) in [6, 6.07) is 14.3. The molecule has 0 aliphatic heterocycles. The fourth-order valence-electron chi connectivity index (χ4n) is 1.81. The highest BCUT2D eigenvalue weighted by Gasteiger charge is 2.13. The molecule has 1 N–H and O–H groups in total. The second-order valence-corrected chi connectivity index (χ2v) is 6.03. The van der Waals surface area contributed by atoms with Gasteiger partial charge >= 0.3 is 0 Å². The van der Waals surface area contributed by atoms with E-state index in [2.05, 4.69) is 4.72 Å². The number of nitrogens with zero attached hydrogens (tertiary/aromatic N) is 1. The minimum atomic E-state index is -3.40. The van der Waals surface area contributed by atoms with Crippen molar-refractivity contribution < 1.29 is 13.0 Å². The Balaban J connectivity index is 1.98. The molecule has 4 nitrogen and oxygen atoms in total. The number of rotatable bonds is 5. The first kappa shape index (κ1) is 13.7. The second kappa shape index (κ2) is 5.95. The summed E-state index contributed by atoms with van der Waals surface area (Å²) in [5.41, 5.74) is 1.08. The van der Waals surface area contributed by atoms with E-state index in [1.54, 1.807) is 30.3 Å². The Bertz CT molecular complexity index is 640. The molecule has 100 valence electrons. The first-order valence-electron chi connectivity index (χ1n) is 6.08. The van der Waals surface area contributed by atoms with Crippen LogP contribution >= 0.6 is 0 Å². The molecule has 0 aliphatic rings. The maximum absolute atomic E-state index is 12.0. The molecule has 0 bridgehead atoms. The molecule has 0 saturated carbocycles. The minimum Gasteiger partial charge on any atom is -0.211 e. The smallest absolute Gasteiger partial charge is 0.211 e. The van der Waals surface area contributed by atoms with E-state index in [0.29, 0.717) is 17.9 Å². The third-order valence-electron chi connectivity index (χ3n) is 2.89. The molecule has 1 aromatic carbocycles. The van der Waals surface area contributed by atoms with Gasteiger partial charge in [-0.15, -0.1) is 0 Å². The first-order chi connectivity index (χ1) is 9.09. The average Bonchev–Trinajstić information content (AvgIpc) is 2.42. The van der Waals surface area contributed by atoms with E-state index in [-0.39, 0.29) is 0 Å². The number of aryl methyl sites for hydroxylation is 1. The molecule has 2 aromatic rings. The fraction of sp³-hybridized carbons (Fsp3) is 0.214. The van der Waals surface area contributed by atoms with Crippen LogP contribution in [0.2, 0.25) is 0 Å². The molecule has 1 aromatic heterocycles. The zero-order valence-electron chi connectivity index (χ0n) is 10.8. The predicted molar refractivity (Wildman–Crippen MR) is 73.0 cm³/mol. The summed E-state index contributed by atoms with van der Waals surface area (Å²) in [4.78, 5) is 0.299. The van der Waals surface area contributed by atoms with Gasteiger partial charge in [0, 0.05) is 25.1 Å². The minimum absolute atomic E-state index is 0.299. The van der Waals surface area contributed by atoms with Gasteiger partial charge in [0.15, 0.2) is 11.9 Å². The molecule has 2 rings (SSSR count). The van der Waals surface area contributed by atoms with E-state index < -0.39 is 10.0 Å². The van der Waals surface area contributed by atoms with Crippen molar-refractivity contribution in [3.05, 3.63) is 60.4 Å². The van der Waals surface area contributed by atoms with Gasteiger partial charge in [-0.2, -0.15) is 0 Å². The van der Waals surface area contributed by atoms with Crippen molar-refractivity contribution in [2.75, 3.05) is 6.54 Å². The van der Waals surface area contributed by atoms with Crippen molar-refractivity contribution in [2.45, 2.75) is 11.3 Å². The van der Waals surface area contributed by atoms with Crippen molar-refractivity contribution in [3.63, 3.8) is 0 Å². The van der Waals surface area contributed by atoms with Gasteiger partial charge in [0.05, 0.1) is 4.90 Å². The van der Waals surface area contributed by atoms with E-state index in [0.717, 1.165) is 5.69 Å². The fourth-order valence-corrected chi connectivity index (χ4v) is 2.87. The quantitative estimate of drug-likeness (QED) is 0.830. The summed E-state index contributed by atoms with van der Waals surface area (Å²) in [7, 11) is -1.46. The van der Waals surface area contributed by atoms with Gasteiger partial charge in [0.1, 0.15) is 7.05 Å². The highest BCUT2D eigenvalue weighted by Crippen LogP contribution is 2.06. The summed E-state index contributed by atoms with van der Waals surface area (Å²) in [6.07, 6.45) is 2.60. The van der Waals surface area contributed by atoms with Crippen molar-refractivity contribution in [1.82, 2.24) is 4.72 Å². The molecule has 0 radical (unpaired) electrons. The number of hydrogen-bond acceptors (Lipinski definition) is 2. The van der Waals surface area contributed by atoms with Crippen LogP contribution in [0.4, 0.5) is 0 Å². The van der Waals surface area contributed by atoms with Crippen LogP contribution in [0.25, 0.3) is 0 Å². The third kappa shape index (κ3) is 3.62. The molecule has 1 heterocycles. The molecule has 0 spiro atoms. The number of pyridine rings is 1. The molecule has 19 heavy (non-hydrogen) atoms.